The van der Waals surface area contributed by atoms with Crippen LogP contribution in [0.2, 0.25) is 0 Å². The highest BCUT2D eigenvalue weighted by Gasteiger charge is 2.34. The number of carbonyl (C=O) groups excluding carboxylic acids is 1. The van der Waals surface area contributed by atoms with Gasteiger partial charge < -0.3 is 33.9 Å². The third-order valence-electron chi connectivity index (χ3n) is 6.45. The lowest BCUT2D eigenvalue weighted by Crippen LogP contribution is -2.31. The van der Waals surface area contributed by atoms with Gasteiger partial charge in [-0.1, -0.05) is 0 Å². The number of hydrogen-bond acceptors (Lipinski definition) is 7. The maximum atomic E-state index is 14.3. The Bertz CT molecular complexity index is 1550. The molecule has 41 heavy (non-hydrogen) atoms. The second-order valence-electron chi connectivity index (χ2n) is 9.12. The number of methoxy groups -OCH3 is 2. The Labute approximate surface area is 233 Å². The van der Waals surface area contributed by atoms with Gasteiger partial charge in [-0.05, 0) is 36.8 Å². The molecule has 0 amide bonds. The van der Waals surface area contributed by atoms with Crippen molar-refractivity contribution >= 4 is 22.4 Å². The summed E-state index contributed by atoms with van der Waals surface area (Å²) < 4.78 is 73.7. The van der Waals surface area contributed by atoms with Crippen LogP contribution in [0.4, 0.5) is 23.2 Å². The summed E-state index contributed by atoms with van der Waals surface area (Å²) >= 11 is 0. The normalized spacial score (nSPS) is 12.2. The number of likely N-dealkylation sites (N-methyl/N-ethyl adjacent to an activating group) is 1. The number of halogens is 4. The molecule has 12 heteroatoms. The first-order chi connectivity index (χ1) is 19.4. The number of Topliss-reactive ketones (excluding diaryl/α,β-unsaturated/α-hetero) is 1. The number of aliphatic hydroxyl groups excluding tert-OH is 1. The molecule has 0 saturated carbocycles. The van der Waals surface area contributed by atoms with Crippen LogP contribution >= 0.6 is 0 Å². The van der Waals surface area contributed by atoms with E-state index in [2.05, 4.69) is 9.72 Å². The molecule has 1 heterocycles. The Morgan fingerprint density at radius 3 is 2.41 bits per heavy atom. The molecule has 8 nitrogen and oxygen atoms in total. The highest BCUT2D eigenvalue weighted by molar-refractivity contribution is 6.12. The number of H-pyrrole nitrogens is 1. The molecule has 0 saturated heterocycles. The van der Waals surface area contributed by atoms with Gasteiger partial charge in [0.2, 0.25) is 0 Å². The van der Waals surface area contributed by atoms with Crippen LogP contribution in [-0.2, 0) is 0 Å². The lowest BCUT2D eigenvalue weighted by atomic mass is 9.94. The second kappa shape index (κ2) is 12.0. The van der Waals surface area contributed by atoms with Crippen molar-refractivity contribution in [2.45, 2.75) is 19.3 Å². The quantitative estimate of drug-likeness (QED) is 0.168. The first-order valence-corrected chi connectivity index (χ1v) is 12.4. The standard InChI is InChI=1S/C29H28F4N2O6/c1-16-9-21(41-29(31,32)33)14-23-24(15-34-26(16)23)28(37)27(22-6-5-17(30)10-25(22)39-4)35(2)18-11-19(38-3)13-20(12-18)40-8-7-36/h5-6,9-15,27,34,36H,7-8H2,1-4H3. The van der Waals surface area contributed by atoms with Gasteiger partial charge in [0.25, 0.3) is 0 Å². The number of alkyl halides is 3. The summed E-state index contributed by atoms with van der Waals surface area (Å²) in [4.78, 5) is 18.9. The van der Waals surface area contributed by atoms with E-state index in [1.165, 1.54) is 38.6 Å². The van der Waals surface area contributed by atoms with E-state index < -0.39 is 29.8 Å². The fourth-order valence-electron chi connectivity index (χ4n) is 4.63. The molecule has 0 aliphatic carbocycles. The van der Waals surface area contributed by atoms with E-state index in [1.807, 2.05) is 0 Å². The first-order valence-electron chi connectivity index (χ1n) is 12.4. The molecule has 2 N–H and O–H groups in total. The van der Waals surface area contributed by atoms with Crippen LogP contribution in [0.3, 0.4) is 0 Å². The van der Waals surface area contributed by atoms with E-state index in [0.717, 1.165) is 12.1 Å². The van der Waals surface area contributed by atoms with E-state index in [0.29, 0.717) is 33.8 Å². The van der Waals surface area contributed by atoms with Gasteiger partial charge in [0, 0.05) is 65.2 Å². The monoisotopic (exact) mass is 576 g/mol. The fraction of sp³-hybridized carbons (Fsp3) is 0.276. The topological polar surface area (TPSA) is 93.2 Å². The summed E-state index contributed by atoms with van der Waals surface area (Å²) in [6, 6.07) is 9.83. The SMILES string of the molecule is COc1cc(OCCO)cc(N(C)C(C(=O)c2c[nH]c3c(C)cc(OC(F)(F)F)cc23)c2ccc(F)cc2OC)c1. The Hall–Kier alpha value is -4.45. The number of anilines is 1. The van der Waals surface area contributed by atoms with Gasteiger partial charge in [-0.2, -0.15) is 0 Å². The van der Waals surface area contributed by atoms with Crippen molar-refractivity contribution < 1.29 is 46.4 Å². The second-order valence-corrected chi connectivity index (χ2v) is 9.12. The van der Waals surface area contributed by atoms with Gasteiger partial charge >= 0.3 is 6.36 Å². The minimum absolute atomic E-state index is 0.0154. The van der Waals surface area contributed by atoms with E-state index in [1.54, 1.807) is 37.1 Å². The molecular formula is C29H28F4N2O6. The van der Waals surface area contributed by atoms with Crippen LogP contribution in [0.15, 0.2) is 54.7 Å². The summed E-state index contributed by atoms with van der Waals surface area (Å²) in [7, 11) is 4.41. The molecule has 218 valence electrons. The number of nitrogens with one attached hydrogen (secondary N) is 1. The molecular weight excluding hydrogens is 548 g/mol. The van der Waals surface area contributed by atoms with Gasteiger partial charge in [0.1, 0.15) is 41.5 Å². The summed E-state index contributed by atoms with van der Waals surface area (Å²) in [6.45, 7) is 1.38. The van der Waals surface area contributed by atoms with E-state index in [4.69, 9.17) is 14.2 Å². The van der Waals surface area contributed by atoms with Crippen LogP contribution < -0.4 is 23.8 Å². The number of hydrogen-bond donors (Lipinski definition) is 2. The number of rotatable bonds is 11. The zero-order chi connectivity index (χ0) is 29.9. The van der Waals surface area contributed by atoms with E-state index in [-0.39, 0.29) is 29.9 Å². The Kier molecular flexibility index (Phi) is 8.62. The maximum Gasteiger partial charge on any atom is 0.573 e. The van der Waals surface area contributed by atoms with Gasteiger partial charge in [-0.15, -0.1) is 13.2 Å². The molecule has 0 aliphatic heterocycles. The van der Waals surface area contributed by atoms with Crippen LogP contribution in [0.5, 0.6) is 23.0 Å². The van der Waals surface area contributed by atoms with Crippen LogP contribution in [0, 0.1) is 12.7 Å². The molecule has 0 bridgehead atoms. The number of benzene rings is 3. The summed E-state index contributed by atoms with van der Waals surface area (Å²) in [6.07, 6.45) is -3.51. The summed E-state index contributed by atoms with van der Waals surface area (Å²) in [5.74, 6) is -0.735. The minimum Gasteiger partial charge on any atom is -0.497 e. The summed E-state index contributed by atoms with van der Waals surface area (Å²) in [5, 5.41) is 9.40. The van der Waals surface area contributed by atoms with Crippen molar-refractivity contribution in [2.75, 3.05) is 39.4 Å². The van der Waals surface area contributed by atoms with Crippen molar-refractivity contribution in [3.63, 3.8) is 0 Å². The molecule has 1 unspecified atom stereocenters. The van der Waals surface area contributed by atoms with Gasteiger partial charge in [0.05, 0.1) is 20.8 Å². The number of nitrogens with zero attached hydrogens (tertiary/aromatic N) is 1. The lowest BCUT2D eigenvalue weighted by Gasteiger charge is -2.31. The molecule has 4 aromatic rings. The highest BCUT2D eigenvalue weighted by Crippen LogP contribution is 2.39. The number of carbonyl (C=O) groups is 1. The fourth-order valence-corrected chi connectivity index (χ4v) is 4.63. The molecule has 0 radical (unpaired) electrons. The van der Waals surface area contributed by atoms with Crippen molar-refractivity contribution in [3.8, 4) is 23.0 Å². The predicted octanol–water partition coefficient (Wildman–Crippen LogP) is 5.96. The Morgan fingerprint density at radius 2 is 1.76 bits per heavy atom. The number of ether oxygens (including phenoxy) is 4. The Morgan fingerprint density at radius 1 is 1.02 bits per heavy atom. The van der Waals surface area contributed by atoms with Gasteiger partial charge in [-0.3, -0.25) is 4.79 Å². The zero-order valence-corrected chi connectivity index (χ0v) is 22.6. The molecule has 1 aromatic heterocycles. The third-order valence-corrected chi connectivity index (χ3v) is 6.45. The van der Waals surface area contributed by atoms with Gasteiger partial charge in [0.15, 0.2) is 5.78 Å². The third kappa shape index (κ3) is 6.49. The Balaban J connectivity index is 1.89. The molecule has 0 fully saturated rings. The molecule has 1 atom stereocenters. The van der Waals surface area contributed by atoms with Crippen molar-refractivity contribution in [1.82, 2.24) is 4.98 Å². The molecule has 4 rings (SSSR count). The number of ketones is 1. The lowest BCUT2D eigenvalue weighted by molar-refractivity contribution is -0.274. The number of aryl methyl sites for hydroxylation is 1. The largest absolute Gasteiger partial charge is 0.573 e. The van der Waals surface area contributed by atoms with Crippen molar-refractivity contribution in [3.05, 3.63) is 77.2 Å². The molecule has 0 aliphatic rings. The number of aromatic amines is 1. The van der Waals surface area contributed by atoms with Gasteiger partial charge in [-0.25, -0.2) is 4.39 Å². The van der Waals surface area contributed by atoms with E-state index in [9.17, 15) is 27.5 Å². The first kappa shape index (κ1) is 29.5. The average Bonchev–Trinajstić information content (AvgIpc) is 3.35. The van der Waals surface area contributed by atoms with Crippen LogP contribution in [-0.4, -0.2) is 56.7 Å². The highest BCUT2D eigenvalue weighted by atomic mass is 19.4. The molecule has 0 spiro atoms. The minimum atomic E-state index is -4.92. The predicted molar refractivity (Wildman–Crippen MR) is 144 cm³/mol. The van der Waals surface area contributed by atoms with Crippen molar-refractivity contribution in [2.24, 2.45) is 0 Å². The van der Waals surface area contributed by atoms with Crippen molar-refractivity contribution in [1.29, 1.82) is 0 Å². The number of fused-ring (bicyclic) bond motifs is 1. The van der Waals surface area contributed by atoms with E-state index >= 15 is 0 Å². The molecule has 3 aromatic carbocycles. The van der Waals surface area contributed by atoms with Crippen LogP contribution in [0.1, 0.15) is 27.5 Å². The van der Waals surface area contributed by atoms with Crippen LogP contribution in [0.25, 0.3) is 10.9 Å². The maximum absolute atomic E-state index is 14.3. The average molecular weight is 577 g/mol. The number of aromatic nitrogens is 1. The number of aliphatic hydroxyl groups is 1. The smallest absolute Gasteiger partial charge is 0.497 e. The zero-order valence-electron chi connectivity index (χ0n) is 22.6. The summed E-state index contributed by atoms with van der Waals surface area (Å²) in [5.41, 5.74) is 1.73.